The van der Waals surface area contributed by atoms with Gasteiger partial charge in [0.15, 0.2) is 5.65 Å². The number of rotatable bonds is 2. The minimum Gasteiger partial charge on any atom is -0.349 e. The van der Waals surface area contributed by atoms with E-state index >= 15 is 0 Å². The van der Waals surface area contributed by atoms with Crippen LogP contribution in [0, 0.1) is 18.8 Å². The highest BCUT2D eigenvalue weighted by molar-refractivity contribution is 5.97. The van der Waals surface area contributed by atoms with E-state index in [-0.39, 0.29) is 11.9 Å². The van der Waals surface area contributed by atoms with E-state index in [0.717, 1.165) is 23.9 Å². The number of amides is 1. The lowest BCUT2D eigenvalue weighted by molar-refractivity contribution is 0.0756. The average Bonchev–Trinajstić information content (AvgIpc) is 2.89. The van der Waals surface area contributed by atoms with E-state index in [1.54, 1.807) is 6.20 Å². The van der Waals surface area contributed by atoms with Crippen LogP contribution >= 0.6 is 0 Å². The summed E-state index contributed by atoms with van der Waals surface area (Å²) in [6.07, 6.45) is 7.28. The van der Waals surface area contributed by atoms with E-state index in [2.05, 4.69) is 20.5 Å². The number of aromatic amines is 1. The molecule has 4 rings (SSSR count). The van der Waals surface area contributed by atoms with Gasteiger partial charge in [-0.3, -0.25) is 9.89 Å². The maximum atomic E-state index is 12.7. The second kappa shape index (κ2) is 5.60. The van der Waals surface area contributed by atoms with Crippen LogP contribution in [-0.4, -0.2) is 33.2 Å². The molecule has 0 aliphatic heterocycles. The Labute approximate surface area is 135 Å². The molecular formula is C17H23N5O. The Balaban J connectivity index is 1.55. The zero-order chi connectivity index (χ0) is 16.0. The Bertz CT molecular complexity index is 726. The van der Waals surface area contributed by atoms with Gasteiger partial charge in [0.05, 0.1) is 5.56 Å². The Morgan fingerprint density at radius 1 is 1.35 bits per heavy atom. The van der Waals surface area contributed by atoms with Crippen molar-refractivity contribution in [1.82, 2.24) is 20.5 Å². The normalized spacial score (nSPS) is 30.3. The first-order valence-corrected chi connectivity index (χ1v) is 8.49. The smallest absolute Gasteiger partial charge is 0.253 e. The van der Waals surface area contributed by atoms with Gasteiger partial charge in [-0.1, -0.05) is 6.42 Å². The Hall–Kier alpha value is -1.95. The quantitative estimate of drug-likeness (QED) is 0.789. The second-order valence-corrected chi connectivity index (χ2v) is 7.13. The number of fused-ring (bicyclic) bond motifs is 3. The molecule has 2 heterocycles. The van der Waals surface area contributed by atoms with Crippen LogP contribution in [0.5, 0.6) is 0 Å². The van der Waals surface area contributed by atoms with Crippen LogP contribution in [0.15, 0.2) is 12.3 Å². The minimum absolute atomic E-state index is 0.0302. The van der Waals surface area contributed by atoms with Crippen LogP contribution in [0.25, 0.3) is 11.0 Å². The van der Waals surface area contributed by atoms with Crippen molar-refractivity contribution in [3.63, 3.8) is 0 Å². The number of nitrogens with two attached hydrogens (primary N) is 1. The molecule has 2 aliphatic carbocycles. The first kappa shape index (κ1) is 14.6. The molecule has 6 nitrogen and oxygen atoms in total. The Morgan fingerprint density at radius 3 is 2.83 bits per heavy atom. The molecule has 2 bridgehead atoms. The predicted octanol–water partition coefficient (Wildman–Crippen LogP) is 1.90. The zero-order valence-electron chi connectivity index (χ0n) is 13.4. The third-order valence-electron chi connectivity index (χ3n) is 5.54. The van der Waals surface area contributed by atoms with Crippen molar-refractivity contribution in [3.8, 4) is 0 Å². The summed E-state index contributed by atoms with van der Waals surface area (Å²) in [4.78, 5) is 17.0. The fourth-order valence-electron chi connectivity index (χ4n) is 4.40. The van der Waals surface area contributed by atoms with E-state index in [4.69, 9.17) is 5.73 Å². The molecule has 122 valence electrons. The third kappa shape index (κ3) is 2.61. The van der Waals surface area contributed by atoms with Crippen LogP contribution < -0.4 is 11.1 Å². The molecule has 2 atom stereocenters. The maximum Gasteiger partial charge on any atom is 0.253 e. The topological polar surface area (TPSA) is 96.7 Å². The Kier molecular flexibility index (Phi) is 3.56. The number of aromatic nitrogens is 3. The van der Waals surface area contributed by atoms with Crippen molar-refractivity contribution < 1.29 is 4.79 Å². The van der Waals surface area contributed by atoms with E-state index < -0.39 is 0 Å². The molecule has 0 saturated heterocycles. The van der Waals surface area contributed by atoms with Crippen LogP contribution in [0.4, 0.5) is 0 Å². The van der Waals surface area contributed by atoms with Crippen molar-refractivity contribution in [1.29, 1.82) is 0 Å². The monoisotopic (exact) mass is 313 g/mol. The fourth-order valence-corrected chi connectivity index (χ4v) is 4.40. The first-order chi connectivity index (χ1) is 11.1. The maximum absolute atomic E-state index is 12.7. The van der Waals surface area contributed by atoms with Gasteiger partial charge in [0.2, 0.25) is 0 Å². The van der Waals surface area contributed by atoms with Crippen molar-refractivity contribution in [3.05, 3.63) is 23.5 Å². The van der Waals surface area contributed by atoms with Gasteiger partial charge >= 0.3 is 0 Å². The summed E-state index contributed by atoms with van der Waals surface area (Å²) in [5, 5.41) is 11.2. The van der Waals surface area contributed by atoms with Crippen LogP contribution in [0.1, 0.15) is 48.2 Å². The first-order valence-electron chi connectivity index (χ1n) is 8.49. The lowest BCUT2D eigenvalue weighted by Crippen LogP contribution is -2.53. The number of nitrogens with one attached hydrogen (secondary N) is 2. The van der Waals surface area contributed by atoms with Gasteiger partial charge in [-0.2, -0.15) is 5.10 Å². The average molecular weight is 313 g/mol. The standard InChI is InChI=1S/C17H23N5O/c1-9-14-7-12(8-19-16(14)22-21-9)17(23)20-15-10-3-2-4-11(15)6-13(18)5-10/h7-8,10-11,13,15H,2-6,18H2,1H3,(H,20,23)(H,19,21,22). The van der Waals surface area contributed by atoms with Crippen molar-refractivity contribution in [2.75, 3.05) is 0 Å². The second-order valence-electron chi connectivity index (χ2n) is 7.13. The van der Waals surface area contributed by atoms with Gasteiger partial charge in [-0.25, -0.2) is 4.98 Å². The summed E-state index contributed by atoms with van der Waals surface area (Å²) in [6, 6.07) is 2.43. The lowest BCUT2D eigenvalue weighted by Gasteiger charge is -2.45. The molecule has 2 fully saturated rings. The van der Waals surface area contributed by atoms with Gasteiger partial charge < -0.3 is 11.1 Å². The molecule has 2 aliphatic rings. The molecule has 23 heavy (non-hydrogen) atoms. The molecule has 2 unspecified atom stereocenters. The lowest BCUT2D eigenvalue weighted by atomic mass is 9.67. The molecule has 6 heteroatoms. The Morgan fingerprint density at radius 2 is 2.09 bits per heavy atom. The number of carbonyl (C=O) groups is 1. The zero-order valence-corrected chi connectivity index (χ0v) is 13.4. The van der Waals surface area contributed by atoms with Gasteiger partial charge in [0, 0.05) is 29.4 Å². The summed E-state index contributed by atoms with van der Waals surface area (Å²) in [5.41, 5.74) is 8.35. The summed E-state index contributed by atoms with van der Waals surface area (Å²) in [5.74, 6) is 1.01. The molecule has 2 saturated carbocycles. The highest BCUT2D eigenvalue weighted by Gasteiger charge is 2.40. The number of hydrogen-bond acceptors (Lipinski definition) is 4. The van der Waals surface area contributed by atoms with E-state index in [1.165, 1.54) is 19.3 Å². The van der Waals surface area contributed by atoms with Crippen molar-refractivity contribution in [2.45, 2.75) is 51.1 Å². The number of hydrogen-bond donors (Lipinski definition) is 3. The number of pyridine rings is 1. The molecule has 4 N–H and O–H groups in total. The molecule has 2 aromatic rings. The summed E-state index contributed by atoms with van der Waals surface area (Å²) < 4.78 is 0. The highest BCUT2D eigenvalue weighted by atomic mass is 16.1. The van der Waals surface area contributed by atoms with Crippen LogP contribution in [0.2, 0.25) is 0 Å². The predicted molar refractivity (Wildman–Crippen MR) is 87.9 cm³/mol. The van der Waals surface area contributed by atoms with E-state index in [9.17, 15) is 4.79 Å². The van der Waals surface area contributed by atoms with Gasteiger partial charge in [-0.05, 0) is 50.5 Å². The van der Waals surface area contributed by atoms with Gasteiger partial charge in [-0.15, -0.1) is 0 Å². The largest absolute Gasteiger partial charge is 0.349 e. The van der Waals surface area contributed by atoms with Crippen molar-refractivity contribution in [2.24, 2.45) is 17.6 Å². The summed E-state index contributed by atoms with van der Waals surface area (Å²) in [6.45, 7) is 1.94. The molecule has 1 amide bonds. The van der Waals surface area contributed by atoms with E-state index in [0.29, 0.717) is 29.1 Å². The number of carbonyl (C=O) groups excluding carboxylic acids is 1. The van der Waals surface area contributed by atoms with Gasteiger partial charge in [0.25, 0.3) is 5.91 Å². The fraction of sp³-hybridized carbons (Fsp3) is 0.588. The number of H-pyrrole nitrogens is 1. The number of aryl methyl sites for hydroxylation is 1. The van der Waals surface area contributed by atoms with Crippen LogP contribution in [0.3, 0.4) is 0 Å². The van der Waals surface area contributed by atoms with Crippen molar-refractivity contribution >= 4 is 16.9 Å². The van der Waals surface area contributed by atoms with Crippen LogP contribution in [-0.2, 0) is 0 Å². The van der Waals surface area contributed by atoms with E-state index in [1.807, 2.05) is 13.0 Å². The molecule has 0 radical (unpaired) electrons. The molecule has 0 aromatic carbocycles. The third-order valence-corrected chi connectivity index (χ3v) is 5.54. The minimum atomic E-state index is -0.0302. The summed E-state index contributed by atoms with van der Waals surface area (Å²) in [7, 11) is 0. The highest BCUT2D eigenvalue weighted by Crippen LogP contribution is 2.39. The molecule has 2 aromatic heterocycles. The molecular weight excluding hydrogens is 290 g/mol. The summed E-state index contributed by atoms with van der Waals surface area (Å²) >= 11 is 0. The molecule has 0 spiro atoms. The number of nitrogens with zero attached hydrogens (tertiary/aromatic N) is 2. The SMILES string of the molecule is Cc1[nH]nc2ncc(C(=O)NC3C4CCCC3CC(N)C4)cc12. The van der Waals surface area contributed by atoms with Gasteiger partial charge in [0.1, 0.15) is 0 Å².